The van der Waals surface area contributed by atoms with Crippen molar-refractivity contribution in [3.63, 3.8) is 0 Å². The third-order valence-corrected chi connectivity index (χ3v) is 4.44. The smallest absolute Gasteiger partial charge is 0.239 e. The summed E-state index contributed by atoms with van der Waals surface area (Å²) in [5.41, 5.74) is 7.28. The van der Waals surface area contributed by atoms with E-state index in [9.17, 15) is 4.79 Å². The van der Waals surface area contributed by atoms with Crippen molar-refractivity contribution in [2.24, 2.45) is 5.73 Å². The van der Waals surface area contributed by atoms with Gasteiger partial charge in [0.1, 0.15) is 0 Å². The number of aryl methyl sites for hydroxylation is 1. The lowest BCUT2D eigenvalue weighted by Gasteiger charge is -2.24. The normalized spacial score (nSPS) is 18.0. The zero-order valence-electron chi connectivity index (χ0n) is 13.7. The molecule has 1 saturated heterocycles. The first kappa shape index (κ1) is 17.0. The van der Waals surface area contributed by atoms with Crippen molar-refractivity contribution in [1.29, 1.82) is 0 Å². The Morgan fingerprint density at radius 2 is 1.95 bits per heavy atom. The third-order valence-electron chi connectivity index (χ3n) is 4.44. The summed E-state index contributed by atoms with van der Waals surface area (Å²) in [6.07, 6.45) is 4.07. The van der Waals surface area contributed by atoms with Crippen LogP contribution >= 0.6 is 0 Å². The Hall–Kier alpha value is -1.39. The fourth-order valence-electron chi connectivity index (χ4n) is 2.98. The van der Waals surface area contributed by atoms with Crippen molar-refractivity contribution in [1.82, 2.24) is 9.80 Å². The van der Waals surface area contributed by atoms with Crippen LogP contribution < -0.4 is 5.73 Å². The standard InChI is InChI=1S/C18H29N3O/c1-2-17(19)18(22)21-13-7-12-20(14-15-21)11-6-10-16-8-4-3-5-9-16/h3-5,8-9,17H,2,6-7,10-15,19H2,1H3/t17-/m0/s1. The lowest BCUT2D eigenvalue weighted by Crippen LogP contribution is -2.45. The zero-order chi connectivity index (χ0) is 15.8. The van der Waals surface area contributed by atoms with Crippen LogP contribution in [0, 0.1) is 0 Å². The van der Waals surface area contributed by atoms with E-state index in [-0.39, 0.29) is 11.9 Å². The Bertz CT molecular complexity index is 449. The van der Waals surface area contributed by atoms with Crippen molar-refractivity contribution in [2.75, 3.05) is 32.7 Å². The molecule has 2 N–H and O–H groups in total. The average molecular weight is 303 g/mol. The lowest BCUT2D eigenvalue weighted by atomic mass is 10.1. The van der Waals surface area contributed by atoms with Crippen molar-refractivity contribution in [3.8, 4) is 0 Å². The molecule has 1 fully saturated rings. The van der Waals surface area contributed by atoms with E-state index >= 15 is 0 Å². The van der Waals surface area contributed by atoms with Gasteiger partial charge < -0.3 is 15.5 Å². The molecule has 122 valence electrons. The first-order valence-corrected chi connectivity index (χ1v) is 8.51. The minimum atomic E-state index is -0.329. The lowest BCUT2D eigenvalue weighted by molar-refractivity contribution is -0.132. The Balaban J connectivity index is 1.72. The highest BCUT2D eigenvalue weighted by Crippen LogP contribution is 2.08. The molecule has 0 spiro atoms. The molecule has 1 amide bonds. The molecular formula is C18H29N3O. The summed E-state index contributed by atoms with van der Waals surface area (Å²) < 4.78 is 0. The maximum atomic E-state index is 12.2. The van der Waals surface area contributed by atoms with E-state index in [0.717, 1.165) is 52.0 Å². The van der Waals surface area contributed by atoms with Crippen LogP contribution in [0.4, 0.5) is 0 Å². The Labute approximate surface area is 134 Å². The van der Waals surface area contributed by atoms with E-state index < -0.39 is 0 Å². The fraction of sp³-hybridized carbons (Fsp3) is 0.611. The highest BCUT2D eigenvalue weighted by atomic mass is 16.2. The molecule has 0 aliphatic carbocycles. The van der Waals surface area contributed by atoms with Crippen LogP contribution in [-0.4, -0.2) is 54.5 Å². The minimum absolute atomic E-state index is 0.119. The Morgan fingerprint density at radius 1 is 1.18 bits per heavy atom. The van der Waals surface area contributed by atoms with Gasteiger partial charge in [-0.3, -0.25) is 4.79 Å². The second-order valence-corrected chi connectivity index (χ2v) is 6.12. The van der Waals surface area contributed by atoms with E-state index in [2.05, 4.69) is 35.2 Å². The van der Waals surface area contributed by atoms with Crippen LogP contribution in [-0.2, 0) is 11.2 Å². The summed E-state index contributed by atoms with van der Waals surface area (Å²) in [7, 11) is 0. The van der Waals surface area contributed by atoms with Crippen LogP contribution in [0.25, 0.3) is 0 Å². The fourth-order valence-corrected chi connectivity index (χ4v) is 2.98. The van der Waals surface area contributed by atoms with Gasteiger partial charge in [-0.05, 0) is 44.3 Å². The number of benzene rings is 1. The molecule has 0 aromatic heterocycles. The van der Waals surface area contributed by atoms with Crippen LogP contribution in [0.5, 0.6) is 0 Å². The SMILES string of the molecule is CC[C@H](N)C(=O)N1CCCN(CCCc2ccccc2)CC1. The molecular weight excluding hydrogens is 274 g/mol. The van der Waals surface area contributed by atoms with Gasteiger partial charge in [0.15, 0.2) is 0 Å². The van der Waals surface area contributed by atoms with E-state index in [4.69, 9.17) is 5.73 Å². The van der Waals surface area contributed by atoms with Gasteiger partial charge in [-0.25, -0.2) is 0 Å². The second kappa shape index (κ2) is 8.91. The number of nitrogens with zero attached hydrogens (tertiary/aromatic N) is 2. The number of hydrogen-bond acceptors (Lipinski definition) is 3. The topological polar surface area (TPSA) is 49.6 Å². The Morgan fingerprint density at radius 3 is 2.68 bits per heavy atom. The summed E-state index contributed by atoms with van der Waals surface area (Å²) in [5.74, 6) is 0.119. The molecule has 1 aromatic rings. The number of hydrogen-bond donors (Lipinski definition) is 1. The van der Waals surface area contributed by atoms with Crippen molar-refractivity contribution >= 4 is 5.91 Å². The molecule has 0 radical (unpaired) electrons. The predicted octanol–water partition coefficient (Wildman–Crippen LogP) is 1.89. The molecule has 1 aliphatic heterocycles. The summed E-state index contributed by atoms with van der Waals surface area (Å²) in [6, 6.07) is 10.3. The maximum absolute atomic E-state index is 12.2. The number of carbonyl (C=O) groups is 1. The van der Waals surface area contributed by atoms with Gasteiger partial charge in [-0.2, -0.15) is 0 Å². The Kier molecular flexibility index (Phi) is 6.87. The first-order chi connectivity index (χ1) is 10.7. The summed E-state index contributed by atoms with van der Waals surface area (Å²) in [4.78, 5) is 16.6. The van der Waals surface area contributed by atoms with Gasteiger partial charge in [0.2, 0.25) is 5.91 Å². The number of rotatable bonds is 6. The van der Waals surface area contributed by atoms with Gasteiger partial charge in [-0.1, -0.05) is 37.3 Å². The average Bonchev–Trinajstić information content (AvgIpc) is 2.80. The quantitative estimate of drug-likeness (QED) is 0.873. The molecule has 4 nitrogen and oxygen atoms in total. The molecule has 22 heavy (non-hydrogen) atoms. The molecule has 1 aromatic carbocycles. The molecule has 1 heterocycles. The molecule has 0 unspecified atom stereocenters. The number of carbonyl (C=O) groups excluding carboxylic acids is 1. The van der Waals surface area contributed by atoms with Crippen molar-refractivity contribution in [2.45, 2.75) is 38.6 Å². The monoisotopic (exact) mass is 303 g/mol. The van der Waals surface area contributed by atoms with Crippen LogP contribution in [0.2, 0.25) is 0 Å². The number of nitrogens with two attached hydrogens (primary N) is 1. The molecule has 0 saturated carbocycles. The van der Waals surface area contributed by atoms with Crippen molar-refractivity contribution < 1.29 is 4.79 Å². The zero-order valence-corrected chi connectivity index (χ0v) is 13.7. The van der Waals surface area contributed by atoms with E-state index in [1.807, 2.05) is 11.8 Å². The van der Waals surface area contributed by atoms with Crippen LogP contribution in [0.3, 0.4) is 0 Å². The van der Waals surface area contributed by atoms with Crippen LogP contribution in [0.1, 0.15) is 31.7 Å². The summed E-state index contributed by atoms with van der Waals surface area (Å²) in [5, 5.41) is 0. The molecule has 2 rings (SSSR count). The first-order valence-electron chi connectivity index (χ1n) is 8.51. The molecule has 1 aliphatic rings. The molecule has 4 heteroatoms. The van der Waals surface area contributed by atoms with Gasteiger partial charge in [-0.15, -0.1) is 0 Å². The second-order valence-electron chi connectivity index (χ2n) is 6.12. The van der Waals surface area contributed by atoms with Gasteiger partial charge >= 0.3 is 0 Å². The number of amides is 1. The van der Waals surface area contributed by atoms with Gasteiger partial charge in [0, 0.05) is 19.6 Å². The van der Waals surface area contributed by atoms with E-state index in [1.54, 1.807) is 0 Å². The molecule has 1 atom stereocenters. The maximum Gasteiger partial charge on any atom is 0.239 e. The summed E-state index contributed by atoms with van der Waals surface area (Å²) >= 11 is 0. The third kappa shape index (κ3) is 5.11. The van der Waals surface area contributed by atoms with Gasteiger partial charge in [0.05, 0.1) is 6.04 Å². The largest absolute Gasteiger partial charge is 0.340 e. The summed E-state index contributed by atoms with van der Waals surface area (Å²) in [6.45, 7) is 6.80. The predicted molar refractivity (Wildman–Crippen MR) is 90.7 cm³/mol. The highest BCUT2D eigenvalue weighted by Gasteiger charge is 2.22. The molecule has 0 bridgehead atoms. The minimum Gasteiger partial charge on any atom is -0.340 e. The van der Waals surface area contributed by atoms with E-state index in [1.165, 1.54) is 12.0 Å². The van der Waals surface area contributed by atoms with Gasteiger partial charge in [0.25, 0.3) is 0 Å². The highest BCUT2D eigenvalue weighted by molar-refractivity contribution is 5.81. The van der Waals surface area contributed by atoms with Crippen molar-refractivity contribution in [3.05, 3.63) is 35.9 Å². The van der Waals surface area contributed by atoms with E-state index in [0.29, 0.717) is 0 Å². The van der Waals surface area contributed by atoms with Crippen LogP contribution in [0.15, 0.2) is 30.3 Å².